The van der Waals surface area contributed by atoms with Gasteiger partial charge in [0.1, 0.15) is 6.10 Å². The van der Waals surface area contributed by atoms with Crippen molar-refractivity contribution in [2.24, 2.45) is 0 Å². The van der Waals surface area contributed by atoms with Gasteiger partial charge in [0.05, 0.1) is 19.1 Å². The van der Waals surface area contributed by atoms with E-state index in [4.69, 9.17) is 0 Å². The Hall–Kier alpha value is -1.61. The first kappa shape index (κ1) is 16.4. The molecule has 2 unspecified atom stereocenters. The SMILES string of the molecule is CCOC(=O)CC(O)C(O)c1c(C(F)(F)F)n[nH]c1C. The van der Waals surface area contributed by atoms with Crippen LogP contribution in [0.3, 0.4) is 0 Å². The van der Waals surface area contributed by atoms with Gasteiger partial charge in [-0.15, -0.1) is 0 Å². The quantitative estimate of drug-likeness (QED) is 0.707. The number of rotatable bonds is 5. The lowest BCUT2D eigenvalue weighted by Gasteiger charge is -2.18. The monoisotopic (exact) mass is 296 g/mol. The normalized spacial score (nSPS) is 14.9. The van der Waals surface area contributed by atoms with Gasteiger partial charge in [0.15, 0.2) is 5.69 Å². The third-order valence-electron chi connectivity index (χ3n) is 2.60. The smallest absolute Gasteiger partial charge is 0.435 e. The Balaban J connectivity index is 2.94. The second-order valence-electron chi connectivity index (χ2n) is 4.13. The van der Waals surface area contributed by atoms with Crippen molar-refractivity contribution in [1.82, 2.24) is 10.2 Å². The summed E-state index contributed by atoms with van der Waals surface area (Å²) in [6.45, 7) is 2.89. The third kappa shape index (κ3) is 3.70. The minimum atomic E-state index is -4.77. The van der Waals surface area contributed by atoms with Crippen LogP contribution in [0.1, 0.15) is 36.4 Å². The summed E-state index contributed by atoms with van der Waals surface area (Å²) < 4.78 is 42.7. The van der Waals surface area contributed by atoms with Gasteiger partial charge in [0, 0.05) is 11.3 Å². The molecule has 1 aromatic heterocycles. The number of carbonyl (C=O) groups excluding carboxylic acids is 1. The molecule has 0 aliphatic rings. The lowest BCUT2D eigenvalue weighted by atomic mass is 10.00. The Morgan fingerprint density at radius 3 is 2.55 bits per heavy atom. The van der Waals surface area contributed by atoms with Crippen LogP contribution in [0.2, 0.25) is 0 Å². The second kappa shape index (κ2) is 6.23. The van der Waals surface area contributed by atoms with Gasteiger partial charge in [0.2, 0.25) is 0 Å². The van der Waals surface area contributed by atoms with Gasteiger partial charge in [-0.2, -0.15) is 18.3 Å². The molecular formula is C11H15F3N2O4. The molecule has 0 aliphatic carbocycles. The highest BCUT2D eigenvalue weighted by Crippen LogP contribution is 2.35. The molecule has 6 nitrogen and oxygen atoms in total. The average Bonchev–Trinajstić information content (AvgIpc) is 2.70. The summed E-state index contributed by atoms with van der Waals surface area (Å²) in [5.41, 5.74) is -1.92. The molecule has 0 bridgehead atoms. The van der Waals surface area contributed by atoms with Gasteiger partial charge < -0.3 is 14.9 Å². The van der Waals surface area contributed by atoms with Crippen LogP contribution in [0.15, 0.2) is 0 Å². The molecule has 0 saturated heterocycles. The summed E-state index contributed by atoms with van der Waals surface area (Å²) in [5.74, 6) is -0.811. The van der Waals surface area contributed by atoms with Crippen LogP contribution >= 0.6 is 0 Å². The molecule has 3 N–H and O–H groups in total. The van der Waals surface area contributed by atoms with Crippen LogP contribution in [-0.2, 0) is 15.7 Å². The summed E-state index contributed by atoms with van der Waals surface area (Å²) in [6, 6.07) is 0. The largest absolute Gasteiger partial charge is 0.466 e. The van der Waals surface area contributed by atoms with Crippen LogP contribution < -0.4 is 0 Å². The van der Waals surface area contributed by atoms with Crippen LogP contribution in [-0.4, -0.2) is 39.1 Å². The molecule has 114 valence electrons. The zero-order valence-corrected chi connectivity index (χ0v) is 10.9. The number of aryl methyl sites for hydroxylation is 1. The van der Waals surface area contributed by atoms with E-state index in [0.717, 1.165) is 0 Å². The van der Waals surface area contributed by atoms with Crippen molar-refractivity contribution in [2.45, 2.75) is 38.7 Å². The molecule has 1 aromatic rings. The van der Waals surface area contributed by atoms with E-state index in [2.05, 4.69) is 14.9 Å². The number of alkyl halides is 3. The van der Waals surface area contributed by atoms with E-state index in [9.17, 15) is 28.2 Å². The number of H-pyrrole nitrogens is 1. The fourth-order valence-corrected chi connectivity index (χ4v) is 1.71. The number of aromatic amines is 1. The molecule has 1 rings (SSSR count). The highest BCUT2D eigenvalue weighted by molar-refractivity contribution is 5.70. The topological polar surface area (TPSA) is 95.4 Å². The van der Waals surface area contributed by atoms with Crippen LogP contribution in [0, 0.1) is 6.92 Å². The van der Waals surface area contributed by atoms with Gasteiger partial charge in [-0.1, -0.05) is 0 Å². The minimum absolute atomic E-state index is 0.0345. The maximum Gasteiger partial charge on any atom is 0.435 e. The minimum Gasteiger partial charge on any atom is -0.466 e. The number of ether oxygens (including phenoxy) is 1. The first-order chi connectivity index (χ1) is 9.18. The van der Waals surface area contributed by atoms with Gasteiger partial charge in [-0.25, -0.2) is 0 Å². The maximum atomic E-state index is 12.7. The third-order valence-corrected chi connectivity index (χ3v) is 2.60. The van der Waals surface area contributed by atoms with Gasteiger partial charge in [0.25, 0.3) is 0 Å². The van der Waals surface area contributed by atoms with E-state index in [1.54, 1.807) is 6.92 Å². The molecule has 0 spiro atoms. The van der Waals surface area contributed by atoms with Crippen LogP contribution in [0.5, 0.6) is 0 Å². The molecule has 0 amide bonds. The van der Waals surface area contributed by atoms with Crippen molar-refractivity contribution in [1.29, 1.82) is 0 Å². The van der Waals surface area contributed by atoms with E-state index in [1.807, 2.05) is 0 Å². The average molecular weight is 296 g/mol. The van der Waals surface area contributed by atoms with E-state index in [1.165, 1.54) is 6.92 Å². The molecule has 0 aromatic carbocycles. The van der Waals surface area contributed by atoms with Gasteiger partial charge in [-0.3, -0.25) is 9.89 Å². The molecule has 1 heterocycles. The Morgan fingerprint density at radius 2 is 2.05 bits per heavy atom. The highest BCUT2D eigenvalue weighted by Gasteiger charge is 2.41. The molecule has 2 atom stereocenters. The van der Waals surface area contributed by atoms with E-state index in [-0.39, 0.29) is 12.3 Å². The number of halogens is 3. The molecule has 0 radical (unpaired) electrons. The zero-order valence-electron chi connectivity index (χ0n) is 10.9. The molecule has 0 fully saturated rings. The Labute approximate surface area is 112 Å². The predicted octanol–water partition coefficient (Wildman–Crippen LogP) is 1.08. The first-order valence-electron chi connectivity index (χ1n) is 5.82. The molecular weight excluding hydrogens is 281 g/mol. The molecule has 0 saturated carbocycles. The zero-order chi connectivity index (χ0) is 15.5. The van der Waals surface area contributed by atoms with Crippen LogP contribution in [0.25, 0.3) is 0 Å². The number of aliphatic hydroxyl groups excluding tert-OH is 2. The fourth-order valence-electron chi connectivity index (χ4n) is 1.71. The molecule has 0 aliphatic heterocycles. The number of carbonyl (C=O) groups is 1. The van der Waals surface area contributed by atoms with Gasteiger partial charge in [-0.05, 0) is 13.8 Å². The number of aromatic nitrogens is 2. The Kier molecular flexibility index (Phi) is 5.12. The number of aliphatic hydroxyl groups is 2. The van der Waals surface area contributed by atoms with Crippen molar-refractivity contribution in [3.05, 3.63) is 17.0 Å². The van der Waals surface area contributed by atoms with Crippen molar-refractivity contribution in [2.75, 3.05) is 6.61 Å². The van der Waals surface area contributed by atoms with Crippen molar-refractivity contribution in [3.8, 4) is 0 Å². The summed E-state index contributed by atoms with van der Waals surface area (Å²) in [7, 11) is 0. The summed E-state index contributed by atoms with van der Waals surface area (Å²) >= 11 is 0. The molecule has 20 heavy (non-hydrogen) atoms. The Morgan fingerprint density at radius 1 is 1.45 bits per heavy atom. The highest BCUT2D eigenvalue weighted by atomic mass is 19.4. The maximum absolute atomic E-state index is 12.7. The summed E-state index contributed by atoms with van der Waals surface area (Å²) in [5, 5.41) is 24.6. The van der Waals surface area contributed by atoms with E-state index < -0.39 is 42.0 Å². The summed E-state index contributed by atoms with van der Waals surface area (Å²) in [4.78, 5) is 11.2. The number of esters is 1. The standard InChI is InChI=1S/C11H15F3N2O4/c1-3-20-7(18)4-6(17)9(19)8-5(2)15-16-10(8)11(12,13)14/h6,9,17,19H,3-4H2,1-2H3,(H,15,16). The van der Waals surface area contributed by atoms with Crippen molar-refractivity contribution >= 4 is 5.97 Å². The lowest BCUT2D eigenvalue weighted by Crippen LogP contribution is -2.25. The summed E-state index contributed by atoms with van der Waals surface area (Å²) in [6.07, 6.45) is -9.00. The van der Waals surface area contributed by atoms with Crippen molar-refractivity contribution in [3.63, 3.8) is 0 Å². The fraction of sp³-hybridized carbons (Fsp3) is 0.636. The number of hydrogen-bond acceptors (Lipinski definition) is 5. The van der Waals surface area contributed by atoms with Gasteiger partial charge >= 0.3 is 12.1 Å². The van der Waals surface area contributed by atoms with Crippen molar-refractivity contribution < 1.29 is 32.9 Å². The Bertz CT molecular complexity index is 473. The predicted molar refractivity (Wildman–Crippen MR) is 60.5 cm³/mol. The number of nitrogens with one attached hydrogen (secondary N) is 1. The van der Waals surface area contributed by atoms with E-state index in [0.29, 0.717) is 0 Å². The second-order valence-corrected chi connectivity index (χ2v) is 4.13. The number of nitrogens with zero attached hydrogens (tertiary/aromatic N) is 1. The number of hydrogen-bond donors (Lipinski definition) is 3. The van der Waals surface area contributed by atoms with E-state index >= 15 is 0 Å². The first-order valence-corrected chi connectivity index (χ1v) is 5.82. The molecule has 9 heteroatoms. The van der Waals surface area contributed by atoms with Crippen LogP contribution in [0.4, 0.5) is 13.2 Å². The lowest BCUT2D eigenvalue weighted by molar-refractivity contribution is -0.148.